The summed E-state index contributed by atoms with van der Waals surface area (Å²) in [6.07, 6.45) is 2.90. The molecule has 3 N–H and O–H groups in total. The third-order valence-electron chi connectivity index (χ3n) is 3.53. The molecule has 0 bridgehead atoms. The van der Waals surface area contributed by atoms with Crippen LogP contribution in [0.4, 0.5) is 0 Å². The normalized spacial score (nSPS) is 19.3. The van der Waals surface area contributed by atoms with E-state index in [1.165, 1.54) is 5.56 Å². The maximum Gasteiger partial charge on any atom is 0.234 e. The molecule has 0 aliphatic carbocycles. The smallest absolute Gasteiger partial charge is 0.234 e. The Balaban J connectivity index is 1.69. The van der Waals surface area contributed by atoms with Crippen LogP contribution in [0.15, 0.2) is 16.8 Å². The number of piperidine rings is 1. The second-order valence-corrected chi connectivity index (χ2v) is 6.20. The van der Waals surface area contributed by atoms with Gasteiger partial charge in [-0.3, -0.25) is 9.69 Å². The van der Waals surface area contributed by atoms with E-state index in [4.69, 9.17) is 5.73 Å². The number of hydrogen-bond donors (Lipinski definition) is 2. The van der Waals surface area contributed by atoms with Gasteiger partial charge in [-0.05, 0) is 48.6 Å². The van der Waals surface area contributed by atoms with Crippen LogP contribution in [0.3, 0.4) is 0 Å². The lowest BCUT2D eigenvalue weighted by molar-refractivity contribution is -0.123. The van der Waals surface area contributed by atoms with Crippen molar-refractivity contribution >= 4 is 17.2 Å². The molecular formula is C14H23N3OS. The minimum absolute atomic E-state index is 0.123. The Morgan fingerprint density at radius 3 is 2.95 bits per heavy atom. The molecule has 106 valence electrons. The first-order valence-electron chi connectivity index (χ1n) is 6.92. The Labute approximate surface area is 119 Å². The van der Waals surface area contributed by atoms with Crippen LogP contribution < -0.4 is 11.1 Å². The summed E-state index contributed by atoms with van der Waals surface area (Å²) in [5.41, 5.74) is 7.15. The van der Waals surface area contributed by atoms with E-state index in [0.29, 0.717) is 12.6 Å². The monoisotopic (exact) mass is 281 g/mol. The van der Waals surface area contributed by atoms with Crippen LogP contribution >= 0.6 is 11.3 Å². The number of carbonyl (C=O) groups excluding carboxylic acids is 1. The number of hydrogen-bond acceptors (Lipinski definition) is 4. The molecule has 0 saturated carbocycles. The predicted octanol–water partition coefficient (Wildman–Crippen LogP) is 1.22. The quantitative estimate of drug-likeness (QED) is 0.853. The lowest BCUT2D eigenvalue weighted by atomic mass is 10.1. The lowest BCUT2D eigenvalue weighted by Crippen LogP contribution is -2.46. The van der Waals surface area contributed by atoms with Crippen LogP contribution in [0, 0.1) is 0 Å². The van der Waals surface area contributed by atoms with Crippen LogP contribution in [0.2, 0.25) is 0 Å². The third-order valence-corrected chi connectivity index (χ3v) is 4.26. The molecule has 1 aliphatic rings. The Kier molecular flexibility index (Phi) is 5.36. The molecule has 1 amide bonds. The van der Waals surface area contributed by atoms with E-state index in [1.54, 1.807) is 11.3 Å². The summed E-state index contributed by atoms with van der Waals surface area (Å²) in [5.74, 6) is 0.123. The van der Waals surface area contributed by atoms with Crippen LogP contribution in [-0.2, 0) is 11.2 Å². The SMILES string of the molecule is CC(Cc1ccsc1)NC(=O)CN1CCC(N)CC1. The van der Waals surface area contributed by atoms with E-state index >= 15 is 0 Å². The predicted molar refractivity (Wildman–Crippen MR) is 79.3 cm³/mol. The number of rotatable bonds is 5. The Morgan fingerprint density at radius 2 is 2.32 bits per heavy atom. The highest BCUT2D eigenvalue weighted by Gasteiger charge is 2.18. The fourth-order valence-corrected chi connectivity index (χ4v) is 3.13. The van der Waals surface area contributed by atoms with Gasteiger partial charge in [0.2, 0.25) is 5.91 Å². The molecule has 5 heteroatoms. The number of nitrogens with two attached hydrogens (primary N) is 1. The first-order valence-corrected chi connectivity index (χ1v) is 7.86. The lowest BCUT2D eigenvalue weighted by Gasteiger charge is -2.29. The van der Waals surface area contributed by atoms with Crippen molar-refractivity contribution in [2.75, 3.05) is 19.6 Å². The standard InChI is InChI=1S/C14H23N3OS/c1-11(8-12-4-7-19-10-12)16-14(18)9-17-5-2-13(15)3-6-17/h4,7,10-11,13H,2-3,5-6,8-9,15H2,1H3,(H,16,18). The number of likely N-dealkylation sites (tertiary alicyclic amines) is 1. The first kappa shape index (κ1) is 14.5. The van der Waals surface area contributed by atoms with Gasteiger partial charge in [0.15, 0.2) is 0 Å². The van der Waals surface area contributed by atoms with Crippen molar-refractivity contribution in [2.45, 2.75) is 38.3 Å². The molecule has 4 nitrogen and oxygen atoms in total. The van der Waals surface area contributed by atoms with Crippen molar-refractivity contribution in [3.8, 4) is 0 Å². The van der Waals surface area contributed by atoms with Gasteiger partial charge in [0.1, 0.15) is 0 Å². The zero-order valence-corrected chi connectivity index (χ0v) is 12.3. The fraction of sp³-hybridized carbons (Fsp3) is 0.643. The molecule has 1 atom stereocenters. The van der Waals surface area contributed by atoms with Crippen molar-refractivity contribution in [3.05, 3.63) is 22.4 Å². The second kappa shape index (κ2) is 7.03. The zero-order chi connectivity index (χ0) is 13.7. The Hall–Kier alpha value is -0.910. The average Bonchev–Trinajstić information content (AvgIpc) is 2.84. The molecule has 0 aromatic carbocycles. The third kappa shape index (κ3) is 4.93. The van der Waals surface area contributed by atoms with Crippen LogP contribution in [0.1, 0.15) is 25.3 Å². The number of thiophene rings is 1. The van der Waals surface area contributed by atoms with Gasteiger partial charge in [-0.1, -0.05) is 0 Å². The molecule has 1 aromatic heterocycles. The van der Waals surface area contributed by atoms with E-state index in [0.717, 1.165) is 32.4 Å². The summed E-state index contributed by atoms with van der Waals surface area (Å²) in [6.45, 7) is 4.43. The van der Waals surface area contributed by atoms with Crippen LogP contribution in [0.25, 0.3) is 0 Å². The van der Waals surface area contributed by atoms with Crippen molar-refractivity contribution in [1.82, 2.24) is 10.2 Å². The number of nitrogens with one attached hydrogen (secondary N) is 1. The highest BCUT2D eigenvalue weighted by molar-refractivity contribution is 7.07. The molecule has 0 radical (unpaired) electrons. The minimum atomic E-state index is 0.123. The molecule has 2 heterocycles. The fourth-order valence-electron chi connectivity index (χ4n) is 2.45. The molecule has 1 saturated heterocycles. The van der Waals surface area contributed by atoms with Gasteiger partial charge in [0, 0.05) is 25.2 Å². The molecule has 1 aliphatic heterocycles. The first-order chi connectivity index (χ1) is 9.13. The molecule has 1 fully saturated rings. The Bertz CT molecular complexity index is 385. The Morgan fingerprint density at radius 1 is 1.58 bits per heavy atom. The van der Waals surface area contributed by atoms with Gasteiger partial charge < -0.3 is 11.1 Å². The molecule has 1 unspecified atom stereocenters. The van der Waals surface area contributed by atoms with E-state index in [1.807, 2.05) is 0 Å². The minimum Gasteiger partial charge on any atom is -0.352 e. The van der Waals surface area contributed by atoms with E-state index in [-0.39, 0.29) is 11.9 Å². The maximum absolute atomic E-state index is 12.0. The zero-order valence-electron chi connectivity index (χ0n) is 11.5. The molecule has 19 heavy (non-hydrogen) atoms. The summed E-state index contributed by atoms with van der Waals surface area (Å²) in [4.78, 5) is 14.1. The summed E-state index contributed by atoms with van der Waals surface area (Å²) in [5, 5.41) is 7.27. The van der Waals surface area contributed by atoms with Gasteiger partial charge >= 0.3 is 0 Å². The van der Waals surface area contributed by atoms with Crippen molar-refractivity contribution < 1.29 is 4.79 Å². The second-order valence-electron chi connectivity index (χ2n) is 5.42. The topological polar surface area (TPSA) is 58.4 Å². The maximum atomic E-state index is 12.0. The summed E-state index contributed by atoms with van der Waals surface area (Å²) < 4.78 is 0. The number of nitrogens with zero attached hydrogens (tertiary/aromatic N) is 1. The van der Waals surface area contributed by atoms with Crippen molar-refractivity contribution in [1.29, 1.82) is 0 Å². The molecule has 0 spiro atoms. The van der Waals surface area contributed by atoms with Crippen molar-refractivity contribution in [2.24, 2.45) is 5.73 Å². The van der Waals surface area contributed by atoms with Crippen molar-refractivity contribution in [3.63, 3.8) is 0 Å². The highest BCUT2D eigenvalue weighted by atomic mass is 32.1. The molecule has 1 aromatic rings. The largest absolute Gasteiger partial charge is 0.352 e. The summed E-state index contributed by atoms with van der Waals surface area (Å²) in [7, 11) is 0. The number of amides is 1. The van der Waals surface area contributed by atoms with E-state index < -0.39 is 0 Å². The van der Waals surface area contributed by atoms with Gasteiger partial charge in [0.25, 0.3) is 0 Å². The van der Waals surface area contributed by atoms with Gasteiger partial charge in [-0.25, -0.2) is 0 Å². The van der Waals surface area contributed by atoms with E-state index in [2.05, 4.69) is 34.0 Å². The average molecular weight is 281 g/mol. The summed E-state index contributed by atoms with van der Waals surface area (Å²) >= 11 is 1.70. The van der Waals surface area contributed by atoms with Gasteiger partial charge in [-0.15, -0.1) is 0 Å². The van der Waals surface area contributed by atoms with Crippen LogP contribution in [-0.4, -0.2) is 42.5 Å². The van der Waals surface area contributed by atoms with Gasteiger partial charge in [-0.2, -0.15) is 11.3 Å². The molecule has 2 rings (SSSR count). The molecular weight excluding hydrogens is 258 g/mol. The van der Waals surface area contributed by atoms with Crippen LogP contribution in [0.5, 0.6) is 0 Å². The van der Waals surface area contributed by atoms with E-state index in [9.17, 15) is 4.79 Å². The van der Waals surface area contributed by atoms with Gasteiger partial charge in [0.05, 0.1) is 6.54 Å². The summed E-state index contributed by atoms with van der Waals surface area (Å²) in [6, 6.07) is 2.62. The highest BCUT2D eigenvalue weighted by Crippen LogP contribution is 2.09. The number of carbonyl (C=O) groups is 1.